The molecule has 2 aromatic rings. The molecule has 2 aromatic carbocycles. The summed E-state index contributed by atoms with van der Waals surface area (Å²) in [6.45, 7) is 0.00869. The molecule has 0 unspecified atom stereocenters. The fraction of sp³-hybridized carbons (Fsp3) is 0.0714. The van der Waals surface area contributed by atoms with Crippen molar-refractivity contribution < 1.29 is 18.0 Å². The van der Waals surface area contributed by atoms with Crippen LogP contribution in [0.15, 0.2) is 36.4 Å². The lowest BCUT2D eigenvalue weighted by molar-refractivity contribution is 0.0947. The highest BCUT2D eigenvalue weighted by molar-refractivity contribution is 6.31. The molecule has 6 heteroatoms. The third-order valence-electron chi connectivity index (χ3n) is 2.63. The maximum atomic E-state index is 13.4. The standard InChI is InChI=1S/C14H9ClF3NO/c15-12-5-9(16)2-1-8(12)7-19-14(20)11-4-3-10(17)6-13(11)18/h1-6H,7H2,(H,19,20). The number of hydrogen-bond acceptors (Lipinski definition) is 1. The molecule has 0 fully saturated rings. The molecule has 20 heavy (non-hydrogen) atoms. The van der Waals surface area contributed by atoms with E-state index in [-0.39, 0.29) is 17.1 Å². The van der Waals surface area contributed by atoms with E-state index in [0.717, 1.165) is 18.2 Å². The largest absolute Gasteiger partial charge is 0.348 e. The summed E-state index contributed by atoms with van der Waals surface area (Å²) in [6.07, 6.45) is 0. The number of carbonyl (C=O) groups is 1. The highest BCUT2D eigenvalue weighted by Gasteiger charge is 2.12. The van der Waals surface area contributed by atoms with Crippen molar-refractivity contribution >= 4 is 17.5 Å². The number of nitrogens with one attached hydrogen (secondary N) is 1. The Morgan fingerprint density at radius 3 is 2.35 bits per heavy atom. The Balaban J connectivity index is 2.08. The van der Waals surface area contributed by atoms with E-state index in [9.17, 15) is 18.0 Å². The molecule has 0 aliphatic heterocycles. The molecular formula is C14H9ClF3NO. The molecule has 1 N–H and O–H groups in total. The van der Waals surface area contributed by atoms with Gasteiger partial charge in [-0.1, -0.05) is 17.7 Å². The maximum Gasteiger partial charge on any atom is 0.254 e. The van der Waals surface area contributed by atoms with Crippen molar-refractivity contribution in [2.75, 3.05) is 0 Å². The first-order valence-corrected chi connectivity index (χ1v) is 6.02. The van der Waals surface area contributed by atoms with Crippen molar-refractivity contribution in [2.45, 2.75) is 6.54 Å². The second-order valence-corrected chi connectivity index (χ2v) is 4.45. The molecule has 0 aliphatic rings. The summed E-state index contributed by atoms with van der Waals surface area (Å²) in [5, 5.41) is 2.58. The second-order valence-electron chi connectivity index (χ2n) is 4.04. The average Bonchev–Trinajstić information content (AvgIpc) is 2.37. The fourth-order valence-corrected chi connectivity index (χ4v) is 1.84. The van der Waals surface area contributed by atoms with Crippen molar-refractivity contribution in [3.05, 3.63) is 70.0 Å². The van der Waals surface area contributed by atoms with Crippen LogP contribution in [-0.2, 0) is 6.54 Å². The van der Waals surface area contributed by atoms with Gasteiger partial charge in [0.05, 0.1) is 5.56 Å². The third kappa shape index (κ3) is 3.30. The van der Waals surface area contributed by atoms with Gasteiger partial charge in [-0.2, -0.15) is 0 Å². The zero-order valence-corrected chi connectivity index (χ0v) is 10.8. The van der Waals surface area contributed by atoms with Crippen LogP contribution in [0.1, 0.15) is 15.9 Å². The first kappa shape index (κ1) is 14.4. The van der Waals surface area contributed by atoms with Crippen LogP contribution in [0.25, 0.3) is 0 Å². The fourth-order valence-electron chi connectivity index (χ4n) is 1.61. The highest BCUT2D eigenvalue weighted by atomic mass is 35.5. The van der Waals surface area contributed by atoms with Gasteiger partial charge in [-0.15, -0.1) is 0 Å². The smallest absolute Gasteiger partial charge is 0.254 e. The summed E-state index contributed by atoms with van der Waals surface area (Å²) in [5.74, 6) is -2.91. The summed E-state index contributed by atoms with van der Waals surface area (Å²) in [7, 11) is 0. The molecule has 104 valence electrons. The maximum absolute atomic E-state index is 13.4. The minimum absolute atomic E-state index is 0.00869. The lowest BCUT2D eigenvalue weighted by atomic mass is 10.1. The zero-order chi connectivity index (χ0) is 14.7. The molecule has 1 amide bonds. The topological polar surface area (TPSA) is 29.1 Å². The molecule has 0 saturated carbocycles. The Labute approximate surface area is 118 Å². The number of rotatable bonds is 3. The van der Waals surface area contributed by atoms with Gasteiger partial charge in [-0.25, -0.2) is 13.2 Å². The molecule has 0 spiro atoms. The summed E-state index contributed by atoms with van der Waals surface area (Å²) in [4.78, 5) is 11.7. The third-order valence-corrected chi connectivity index (χ3v) is 2.98. The number of amides is 1. The van der Waals surface area contributed by atoms with E-state index in [0.29, 0.717) is 11.6 Å². The van der Waals surface area contributed by atoms with Crippen LogP contribution in [0.3, 0.4) is 0 Å². The number of halogens is 4. The molecule has 2 nitrogen and oxygen atoms in total. The second kappa shape index (κ2) is 5.96. The van der Waals surface area contributed by atoms with Crippen LogP contribution in [0.5, 0.6) is 0 Å². The molecule has 0 saturated heterocycles. The van der Waals surface area contributed by atoms with Crippen LogP contribution in [0, 0.1) is 17.5 Å². The normalized spacial score (nSPS) is 10.4. The Kier molecular flexibility index (Phi) is 4.29. The van der Waals surface area contributed by atoms with Crippen LogP contribution in [-0.4, -0.2) is 5.91 Å². The first-order chi connectivity index (χ1) is 9.47. The van der Waals surface area contributed by atoms with Gasteiger partial charge in [-0.05, 0) is 29.8 Å². The van der Waals surface area contributed by atoms with Gasteiger partial charge in [0.25, 0.3) is 5.91 Å². The molecule has 0 aliphatic carbocycles. The predicted octanol–water partition coefficient (Wildman–Crippen LogP) is 3.69. The van der Waals surface area contributed by atoms with Crippen molar-refractivity contribution in [3.8, 4) is 0 Å². The average molecular weight is 300 g/mol. The molecule has 2 rings (SSSR count). The Morgan fingerprint density at radius 2 is 1.70 bits per heavy atom. The minimum Gasteiger partial charge on any atom is -0.348 e. The molecule has 0 radical (unpaired) electrons. The summed E-state index contributed by atoms with van der Waals surface area (Å²) < 4.78 is 39.0. The van der Waals surface area contributed by atoms with E-state index in [2.05, 4.69) is 5.32 Å². The zero-order valence-electron chi connectivity index (χ0n) is 10.1. The molecule has 0 bridgehead atoms. The van der Waals surface area contributed by atoms with E-state index in [4.69, 9.17) is 11.6 Å². The van der Waals surface area contributed by atoms with E-state index in [1.54, 1.807) is 0 Å². The molecule has 0 atom stereocenters. The molecule has 0 heterocycles. The minimum atomic E-state index is -0.951. The lowest BCUT2D eigenvalue weighted by Gasteiger charge is -2.08. The van der Waals surface area contributed by atoms with Crippen molar-refractivity contribution in [2.24, 2.45) is 0 Å². The van der Waals surface area contributed by atoms with Crippen molar-refractivity contribution in [3.63, 3.8) is 0 Å². The van der Waals surface area contributed by atoms with Gasteiger partial charge in [0.15, 0.2) is 0 Å². The Hall–Kier alpha value is -2.01. The Bertz CT molecular complexity index is 661. The van der Waals surface area contributed by atoms with Gasteiger partial charge < -0.3 is 5.32 Å². The lowest BCUT2D eigenvalue weighted by Crippen LogP contribution is -2.24. The highest BCUT2D eigenvalue weighted by Crippen LogP contribution is 2.17. The summed E-state index contributed by atoms with van der Waals surface area (Å²) in [5.41, 5.74) is 0.216. The molecular weight excluding hydrogens is 291 g/mol. The monoisotopic (exact) mass is 299 g/mol. The van der Waals surface area contributed by atoms with E-state index >= 15 is 0 Å². The van der Waals surface area contributed by atoms with Crippen LogP contribution in [0.2, 0.25) is 5.02 Å². The van der Waals surface area contributed by atoms with Gasteiger partial charge in [0, 0.05) is 17.6 Å². The van der Waals surface area contributed by atoms with Gasteiger partial charge in [0.2, 0.25) is 0 Å². The number of carbonyl (C=O) groups excluding carboxylic acids is 1. The van der Waals surface area contributed by atoms with Crippen LogP contribution in [0.4, 0.5) is 13.2 Å². The van der Waals surface area contributed by atoms with Crippen LogP contribution < -0.4 is 5.32 Å². The van der Waals surface area contributed by atoms with Crippen LogP contribution >= 0.6 is 11.6 Å². The quantitative estimate of drug-likeness (QED) is 0.920. The van der Waals surface area contributed by atoms with Crippen molar-refractivity contribution in [1.82, 2.24) is 5.32 Å². The SMILES string of the molecule is O=C(NCc1ccc(F)cc1Cl)c1ccc(F)cc1F. The first-order valence-electron chi connectivity index (χ1n) is 5.64. The van der Waals surface area contributed by atoms with Crippen molar-refractivity contribution in [1.29, 1.82) is 0 Å². The summed E-state index contributed by atoms with van der Waals surface area (Å²) >= 11 is 5.80. The van der Waals surface area contributed by atoms with E-state index in [1.807, 2.05) is 0 Å². The number of hydrogen-bond donors (Lipinski definition) is 1. The van der Waals surface area contributed by atoms with Gasteiger partial charge in [-0.3, -0.25) is 4.79 Å². The van der Waals surface area contributed by atoms with Gasteiger partial charge in [0.1, 0.15) is 17.5 Å². The van der Waals surface area contributed by atoms with E-state index in [1.165, 1.54) is 12.1 Å². The Morgan fingerprint density at radius 1 is 1.05 bits per heavy atom. The molecule has 0 aromatic heterocycles. The summed E-state index contributed by atoms with van der Waals surface area (Å²) in [6, 6.07) is 6.39. The van der Waals surface area contributed by atoms with Gasteiger partial charge >= 0.3 is 0 Å². The predicted molar refractivity (Wildman–Crippen MR) is 68.9 cm³/mol. The van der Waals surface area contributed by atoms with E-state index < -0.39 is 23.4 Å². The number of benzene rings is 2.